The number of nitrogens with zero attached hydrogens (tertiary/aromatic N) is 3. The first kappa shape index (κ1) is 17.8. The predicted octanol–water partition coefficient (Wildman–Crippen LogP) is 3.26. The van der Waals surface area contributed by atoms with Crippen LogP contribution >= 0.6 is 15.9 Å². The summed E-state index contributed by atoms with van der Waals surface area (Å²) < 4.78 is 6.92. The normalized spacial score (nSPS) is 10.8. The van der Waals surface area contributed by atoms with E-state index in [0.717, 1.165) is 15.6 Å². The van der Waals surface area contributed by atoms with E-state index in [1.54, 1.807) is 13.1 Å². The van der Waals surface area contributed by atoms with Crippen molar-refractivity contribution in [3.8, 4) is 5.75 Å². The van der Waals surface area contributed by atoms with Gasteiger partial charge in [0.05, 0.1) is 6.21 Å². The van der Waals surface area contributed by atoms with Crippen molar-refractivity contribution in [3.63, 3.8) is 0 Å². The maximum Gasteiger partial charge on any atom is 0.363 e. The summed E-state index contributed by atoms with van der Waals surface area (Å²) in [5, 5.41) is 10.2. The molecule has 0 fully saturated rings. The number of anilines is 1. The van der Waals surface area contributed by atoms with Crippen LogP contribution in [0.5, 0.6) is 5.75 Å². The summed E-state index contributed by atoms with van der Waals surface area (Å²) in [6.45, 7) is 2.17. The number of benzene rings is 2. The summed E-state index contributed by atoms with van der Waals surface area (Å²) in [6, 6.07) is 15.5. The Balaban J connectivity index is 1.69. The molecule has 0 atom stereocenters. The first-order valence-corrected chi connectivity index (χ1v) is 8.60. The van der Waals surface area contributed by atoms with E-state index in [4.69, 9.17) is 4.74 Å². The lowest BCUT2D eigenvalue weighted by Crippen LogP contribution is -2.15. The second kappa shape index (κ2) is 8.39. The van der Waals surface area contributed by atoms with Gasteiger partial charge in [-0.25, -0.2) is 9.89 Å². The van der Waals surface area contributed by atoms with Crippen LogP contribution in [0.25, 0.3) is 0 Å². The smallest absolute Gasteiger partial charge is 0.363 e. The standard InChI is InChI=1S/C18H16BrN5O2/c1-12-17(21-18(25)24-22-12)23-20-10-14-4-2-3-5-16(14)26-11-13-6-8-15(19)9-7-13/h2-10H,11H2,1H3,(H2,21,23,24,25)/b20-10+. The Morgan fingerprint density at radius 2 is 2.00 bits per heavy atom. The minimum Gasteiger partial charge on any atom is -0.488 e. The number of rotatable bonds is 6. The van der Waals surface area contributed by atoms with Crippen LogP contribution in [0.3, 0.4) is 0 Å². The Bertz CT molecular complexity index is 970. The molecule has 0 saturated heterocycles. The molecule has 8 heteroatoms. The quantitative estimate of drug-likeness (QED) is 0.477. The number of para-hydroxylation sites is 1. The zero-order valence-corrected chi connectivity index (χ0v) is 15.5. The Hall–Kier alpha value is -3.00. The van der Waals surface area contributed by atoms with E-state index in [9.17, 15) is 4.79 Å². The third-order valence-electron chi connectivity index (χ3n) is 3.48. The van der Waals surface area contributed by atoms with Crippen molar-refractivity contribution in [1.82, 2.24) is 15.2 Å². The molecule has 0 bridgehead atoms. The topological polar surface area (TPSA) is 92.3 Å². The van der Waals surface area contributed by atoms with E-state index >= 15 is 0 Å². The van der Waals surface area contributed by atoms with Crippen LogP contribution in [-0.2, 0) is 6.61 Å². The molecule has 0 spiro atoms. The maximum atomic E-state index is 11.2. The average molecular weight is 414 g/mol. The Labute approximate surface area is 158 Å². The summed E-state index contributed by atoms with van der Waals surface area (Å²) in [6.07, 6.45) is 1.61. The van der Waals surface area contributed by atoms with Crippen molar-refractivity contribution >= 4 is 28.0 Å². The molecule has 0 aliphatic rings. The van der Waals surface area contributed by atoms with Crippen LogP contribution in [0, 0.1) is 6.92 Å². The minimum absolute atomic E-state index is 0.304. The van der Waals surface area contributed by atoms with Gasteiger partial charge in [-0.05, 0) is 36.8 Å². The number of hydrogen-bond acceptors (Lipinski definition) is 6. The second-order valence-corrected chi connectivity index (χ2v) is 6.31. The third kappa shape index (κ3) is 4.76. The van der Waals surface area contributed by atoms with Gasteiger partial charge in [0.15, 0.2) is 5.82 Å². The highest BCUT2D eigenvalue weighted by molar-refractivity contribution is 9.10. The van der Waals surface area contributed by atoms with Gasteiger partial charge in [-0.1, -0.05) is 40.2 Å². The molecule has 1 aromatic heterocycles. The van der Waals surface area contributed by atoms with Crippen molar-refractivity contribution in [2.45, 2.75) is 13.5 Å². The molecule has 1 heterocycles. The highest BCUT2D eigenvalue weighted by Gasteiger charge is 2.03. The van der Waals surface area contributed by atoms with Crippen molar-refractivity contribution in [1.29, 1.82) is 0 Å². The van der Waals surface area contributed by atoms with Gasteiger partial charge in [0, 0.05) is 10.0 Å². The Morgan fingerprint density at radius 1 is 1.23 bits per heavy atom. The fourth-order valence-corrected chi connectivity index (χ4v) is 2.39. The van der Waals surface area contributed by atoms with Gasteiger partial charge < -0.3 is 4.74 Å². The van der Waals surface area contributed by atoms with Crippen LogP contribution in [0.4, 0.5) is 5.82 Å². The number of hydrazone groups is 1. The zero-order valence-electron chi connectivity index (χ0n) is 13.9. The van der Waals surface area contributed by atoms with Gasteiger partial charge in [-0.15, -0.1) is 0 Å². The van der Waals surface area contributed by atoms with E-state index in [2.05, 4.69) is 41.6 Å². The molecule has 2 N–H and O–H groups in total. The average Bonchev–Trinajstić information content (AvgIpc) is 2.65. The molecule has 0 aliphatic heterocycles. The molecular formula is C18H16BrN5O2. The van der Waals surface area contributed by atoms with Crippen LogP contribution in [0.2, 0.25) is 0 Å². The molecule has 0 amide bonds. The van der Waals surface area contributed by atoms with Gasteiger partial charge in [0.2, 0.25) is 0 Å². The van der Waals surface area contributed by atoms with E-state index in [-0.39, 0.29) is 0 Å². The van der Waals surface area contributed by atoms with Gasteiger partial charge in [0.25, 0.3) is 0 Å². The van der Waals surface area contributed by atoms with E-state index < -0.39 is 5.69 Å². The highest BCUT2D eigenvalue weighted by Crippen LogP contribution is 2.18. The lowest BCUT2D eigenvalue weighted by atomic mass is 10.2. The van der Waals surface area contributed by atoms with E-state index in [0.29, 0.717) is 23.9 Å². The Kier molecular flexibility index (Phi) is 5.75. The molecule has 0 unspecified atom stereocenters. The molecule has 0 aliphatic carbocycles. The summed E-state index contributed by atoms with van der Waals surface area (Å²) in [4.78, 5) is 15.0. The first-order valence-electron chi connectivity index (χ1n) is 7.80. The van der Waals surface area contributed by atoms with Gasteiger partial charge >= 0.3 is 5.69 Å². The lowest BCUT2D eigenvalue weighted by molar-refractivity contribution is 0.306. The van der Waals surface area contributed by atoms with E-state index in [1.165, 1.54) is 0 Å². The van der Waals surface area contributed by atoms with Gasteiger partial charge in [0.1, 0.15) is 18.1 Å². The van der Waals surface area contributed by atoms with Crippen molar-refractivity contribution in [3.05, 3.63) is 80.3 Å². The summed E-state index contributed by atoms with van der Waals surface area (Å²) in [5.74, 6) is 1.01. The molecule has 0 saturated carbocycles. The number of halogens is 1. The number of aryl methyl sites for hydroxylation is 1. The number of ether oxygens (including phenoxy) is 1. The van der Waals surface area contributed by atoms with Crippen molar-refractivity contribution in [2.24, 2.45) is 5.10 Å². The highest BCUT2D eigenvalue weighted by atomic mass is 79.9. The maximum absolute atomic E-state index is 11.2. The summed E-state index contributed by atoms with van der Waals surface area (Å²) in [5.41, 5.74) is 4.59. The van der Waals surface area contributed by atoms with Crippen molar-refractivity contribution in [2.75, 3.05) is 5.43 Å². The minimum atomic E-state index is -0.536. The van der Waals surface area contributed by atoms with Crippen LogP contribution in [-0.4, -0.2) is 21.4 Å². The number of hydrogen-bond donors (Lipinski definition) is 2. The second-order valence-electron chi connectivity index (χ2n) is 5.40. The van der Waals surface area contributed by atoms with Gasteiger partial charge in [-0.3, -0.25) is 5.43 Å². The first-order chi connectivity index (χ1) is 12.6. The zero-order chi connectivity index (χ0) is 18.4. The molecule has 3 rings (SSSR count). The molecular weight excluding hydrogens is 398 g/mol. The number of H-pyrrole nitrogens is 1. The summed E-state index contributed by atoms with van der Waals surface area (Å²) in [7, 11) is 0. The molecule has 0 radical (unpaired) electrons. The van der Waals surface area contributed by atoms with E-state index in [1.807, 2.05) is 48.5 Å². The molecule has 132 valence electrons. The largest absolute Gasteiger partial charge is 0.488 e. The Morgan fingerprint density at radius 3 is 2.81 bits per heavy atom. The SMILES string of the molecule is Cc1n[nH]c(=O)nc1N/N=C/c1ccccc1OCc1ccc(Br)cc1. The molecule has 7 nitrogen and oxygen atoms in total. The predicted molar refractivity (Wildman–Crippen MR) is 104 cm³/mol. The number of aromatic amines is 1. The molecule has 3 aromatic rings. The third-order valence-corrected chi connectivity index (χ3v) is 4.00. The monoisotopic (exact) mass is 413 g/mol. The summed E-state index contributed by atoms with van der Waals surface area (Å²) >= 11 is 3.41. The lowest BCUT2D eigenvalue weighted by Gasteiger charge is -2.09. The molecule has 2 aromatic carbocycles. The number of aromatic nitrogens is 3. The van der Waals surface area contributed by atoms with Crippen LogP contribution in [0.15, 0.2) is 62.9 Å². The van der Waals surface area contributed by atoms with Gasteiger partial charge in [-0.2, -0.15) is 15.2 Å². The number of nitrogens with one attached hydrogen (secondary N) is 2. The van der Waals surface area contributed by atoms with Crippen molar-refractivity contribution < 1.29 is 4.74 Å². The van der Waals surface area contributed by atoms with Crippen LogP contribution in [0.1, 0.15) is 16.8 Å². The van der Waals surface area contributed by atoms with Crippen LogP contribution < -0.4 is 15.9 Å². The fourth-order valence-electron chi connectivity index (χ4n) is 2.12. The molecule has 26 heavy (non-hydrogen) atoms. The fraction of sp³-hybridized carbons (Fsp3) is 0.111.